The van der Waals surface area contributed by atoms with Crippen molar-refractivity contribution in [2.45, 2.75) is 33.3 Å². The Balaban J connectivity index is 1.51. The summed E-state index contributed by atoms with van der Waals surface area (Å²) in [4.78, 5) is 24.5. The van der Waals surface area contributed by atoms with Crippen molar-refractivity contribution >= 4 is 29.4 Å². The smallest absolute Gasteiger partial charge is 0.412 e. The molecule has 3 aromatic carbocycles. The molecule has 0 aliphatic carbocycles. The number of hydrogen-bond acceptors (Lipinski definition) is 6. The number of carbonyl (C=O) groups excluding carboxylic acids is 2. The van der Waals surface area contributed by atoms with Gasteiger partial charge in [-0.1, -0.05) is 65.3 Å². The van der Waals surface area contributed by atoms with E-state index in [2.05, 4.69) is 10.5 Å². The highest BCUT2D eigenvalue weighted by Gasteiger charge is 2.21. The van der Waals surface area contributed by atoms with Crippen molar-refractivity contribution in [3.05, 3.63) is 94.4 Å². The van der Waals surface area contributed by atoms with Gasteiger partial charge in [-0.05, 0) is 50.1 Å². The fourth-order valence-electron chi connectivity index (χ4n) is 3.96. The molecule has 1 atom stereocenters. The number of ether oxygens (including phenoxy) is 2. The number of rotatable bonds is 8. The van der Waals surface area contributed by atoms with Gasteiger partial charge in [0.1, 0.15) is 23.3 Å². The molecule has 0 radical (unpaired) electrons. The number of benzene rings is 3. The summed E-state index contributed by atoms with van der Waals surface area (Å²) in [5.41, 5.74) is 3.72. The van der Waals surface area contributed by atoms with Gasteiger partial charge in [-0.3, -0.25) is 10.1 Å². The maximum absolute atomic E-state index is 14.6. The number of esters is 1. The van der Waals surface area contributed by atoms with E-state index in [1.807, 2.05) is 6.07 Å². The summed E-state index contributed by atoms with van der Waals surface area (Å²) >= 11 is 6.21. The van der Waals surface area contributed by atoms with Gasteiger partial charge in [-0.15, -0.1) is 0 Å². The van der Waals surface area contributed by atoms with E-state index < -0.39 is 18.0 Å². The summed E-state index contributed by atoms with van der Waals surface area (Å²) in [6.07, 6.45) is -1.22. The Morgan fingerprint density at radius 2 is 1.79 bits per heavy atom. The Labute approximate surface area is 224 Å². The second-order valence-corrected chi connectivity index (χ2v) is 8.95. The Kier molecular flexibility index (Phi) is 8.43. The Morgan fingerprint density at radius 3 is 2.50 bits per heavy atom. The Hall–Kier alpha value is -4.17. The first-order valence-electron chi connectivity index (χ1n) is 12.0. The molecule has 7 nitrogen and oxygen atoms in total. The van der Waals surface area contributed by atoms with Crippen LogP contribution in [-0.4, -0.2) is 23.8 Å². The van der Waals surface area contributed by atoms with Gasteiger partial charge >= 0.3 is 12.1 Å². The third kappa shape index (κ3) is 6.20. The molecule has 1 aromatic heterocycles. The van der Waals surface area contributed by atoms with Crippen LogP contribution in [0.2, 0.25) is 5.02 Å². The number of nitrogens with one attached hydrogen (secondary N) is 1. The molecule has 1 heterocycles. The van der Waals surface area contributed by atoms with Crippen LogP contribution in [0.25, 0.3) is 22.5 Å². The van der Waals surface area contributed by atoms with E-state index in [9.17, 15) is 14.0 Å². The summed E-state index contributed by atoms with van der Waals surface area (Å²) in [5.74, 6) is -0.465. The fraction of sp³-hybridized carbons (Fsp3) is 0.207. The van der Waals surface area contributed by atoms with Crippen LogP contribution in [0.5, 0.6) is 0 Å². The molecule has 0 aliphatic rings. The van der Waals surface area contributed by atoms with Gasteiger partial charge in [0.15, 0.2) is 5.76 Å². The quantitative estimate of drug-likeness (QED) is 0.234. The lowest BCUT2D eigenvalue weighted by Gasteiger charge is -2.15. The highest BCUT2D eigenvalue weighted by molar-refractivity contribution is 6.31. The monoisotopic (exact) mass is 536 g/mol. The van der Waals surface area contributed by atoms with Crippen LogP contribution >= 0.6 is 11.6 Å². The minimum atomic E-state index is -0.693. The van der Waals surface area contributed by atoms with Gasteiger partial charge in [0, 0.05) is 21.7 Å². The SMILES string of the molecule is CCOC(=O)Cc1ccc(F)c(-c2ccc(-c3onc(C)c3NC(=O)OC(C)c3ccccc3Cl)cc2)c1. The van der Waals surface area contributed by atoms with Crippen molar-refractivity contribution < 1.29 is 28.0 Å². The largest absolute Gasteiger partial charge is 0.466 e. The molecule has 9 heteroatoms. The topological polar surface area (TPSA) is 90.7 Å². The van der Waals surface area contributed by atoms with Crippen LogP contribution in [0, 0.1) is 12.7 Å². The first kappa shape index (κ1) is 26.9. The third-order valence-corrected chi connectivity index (χ3v) is 6.20. The first-order valence-corrected chi connectivity index (χ1v) is 12.4. The zero-order chi connectivity index (χ0) is 27.2. The van der Waals surface area contributed by atoms with Crippen LogP contribution in [0.1, 0.15) is 36.8 Å². The number of halogens is 2. The highest BCUT2D eigenvalue weighted by atomic mass is 35.5. The number of aryl methyl sites for hydroxylation is 1. The second-order valence-electron chi connectivity index (χ2n) is 8.54. The highest BCUT2D eigenvalue weighted by Crippen LogP contribution is 2.34. The molecular formula is C29H26ClFN2O5. The molecular weight excluding hydrogens is 511 g/mol. The van der Waals surface area contributed by atoms with E-state index in [4.69, 9.17) is 25.6 Å². The van der Waals surface area contributed by atoms with Crippen molar-refractivity contribution in [1.82, 2.24) is 5.16 Å². The van der Waals surface area contributed by atoms with E-state index >= 15 is 0 Å². The molecule has 0 aliphatic heterocycles. The number of aromatic nitrogens is 1. The first-order chi connectivity index (χ1) is 18.3. The van der Waals surface area contributed by atoms with Crippen molar-refractivity contribution in [2.75, 3.05) is 11.9 Å². The van der Waals surface area contributed by atoms with E-state index in [0.717, 1.165) is 0 Å². The van der Waals surface area contributed by atoms with Crippen LogP contribution in [0.15, 0.2) is 71.3 Å². The maximum atomic E-state index is 14.6. The Morgan fingerprint density at radius 1 is 1.08 bits per heavy atom. The minimum Gasteiger partial charge on any atom is -0.466 e. The predicted octanol–water partition coefficient (Wildman–Crippen LogP) is 7.52. The number of anilines is 1. The molecule has 4 aromatic rings. The van der Waals surface area contributed by atoms with Gasteiger partial charge < -0.3 is 14.0 Å². The molecule has 0 spiro atoms. The van der Waals surface area contributed by atoms with Crippen LogP contribution < -0.4 is 5.32 Å². The predicted molar refractivity (Wildman–Crippen MR) is 142 cm³/mol. The van der Waals surface area contributed by atoms with Crippen molar-refractivity contribution in [3.8, 4) is 22.5 Å². The van der Waals surface area contributed by atoms with Gasteiger partial charge in [-0.25, -0.2) is 9.18 Å². The second kappa shape index (κ2) is 11.9. The standard InChI is InChI=1S/C29H26ClFN2O5/c1-4-36-26(34)16-19-9-14-25(31)23(15-19)20-10-12-21(13-11-20)28-27(17(2)33-38-28)32-29(35)37-18(3)22-7-5-6-8-24(22)30/h5-15,18H,4,16H2,1-3H3,(H,32,35). The zero-order valence-corrected chi connectivity index (χ0v) is 21.8. The summed E-state index contributed by atoms with van der Waals surface area (Å²) in [5, 5.41) is 7.18. The zero-order valence-electron chi connectivity index (χ0n) is 21.1. The van der Waals surface area contributed by atoms with E-state index in [1.54, 1.807) is 75.4 Å². The summed E-state index contributed by atoms with van der Waals surface area (Å²) in [6, 6.07) is 18.5. The van der Waals surface area contributed by atoms with Crippen LogP contribution in [0.4, 0.5) is 14.9 Å². The average molecular weight is 537 g/mol. The molecule has 196 valence electrons. The van der Waals surface area contributed by atoms with E-state index in [-0.39, 0.29) is 19.0 Å². The van der Waals surface area contributed by atoms with Crippen molar-refractivity contribution in [1.29, 1.82) is 0 Å². The molecule has 0 bridgehead atoms. The lowest BCUT2D eigenvalue weighted by atomic mass is 9.99. The molecule has 1 unspecified atom stereocenters. The molecule has 38 heavy (non-hydrogen) atoms. The van der Waals surface area contributed by atoms with E-state index in [1.165, 1.54) is 6.07 Å². The van der Waals surface area contributed by atoms with Crippen molar-refractivity contribution in [3.63, 3.8) is 0 Å². The normalized spacial score (nSPS) is 11.6. The lowest BCUT2D eigenvalue weighted by molar-refractivity contribution is -0.142. The molecule has 4 rings (SSSR count). The molecule has 1 N–H and O–H groups in total. The number of nitrogens with zero attached hydrogens (tertiary/aromatic N) is 1. The van der Waals surface area contributed by atoms with Crippen LogP contribution in [-0.2, 0) is 20.7 Å². The van der Waals surface area contributed by atoms with Crippen LogP contribution in [0.3, 0.4) is 0 Å². The Bertz CT molecular complexity index is 1450. The summed E-state index contributed by atoms with van der Waals surface area (Å²) in [6.45, 7) is 5.43. The molecule has 1 amide bonds. The third-order valence-electron chi connectivity index (χ3n) is 5.86. The minimum absolute atomic E-state index is 0.0524. The van der Waals surface area contributed by atoms with Gasteiger partial charge in [-0.2, -0.15) is 0 Å². The number of carbonyl (C=O) groups is 2. The van der Waals surface area contributed by atoms with Crippen molar-refractivity contribution in [2.24, 2.45) is 0 Å². The maximum Gasteiger partial charge on any atom is 0.412 e. The van der Waals surface area contributed by atoms with Gasteiger partial charge in [0.2, 0.25) is 0 Å². The molecule has 0 saturated heterocycles. The lowest BCUT2D eigenvalue weighted by Crippen LogP contribution is -2.17. The van der Waals surface area contributed by atoms with Gasteiger partial charge in [0.05, 0.1) is 13.0 Å². The summed E-state index contributed by atoms with van der Waals surface area (Å²) in [7, 11) is 0. The molecule has 0 saturated carbocycles. The molecule has 0 fully saturated rings. The van der Waals surface area contributed by atoms with E-state index in [0.29, 0.717) is 50.0 Å². The average Bonchev–Trinajstić information content (AvgIpc) is 3.25. The number of hydrogen-bond donors (Lipinski definition) is 1. The number of amides is 1. The summed E-state index contributed by atoms with van der Waals surface area (Å²) < 4.78 is 30.6. The van der Waals surface area contributed by atoms with Gasteiger partial charge in [0.25, 0.3) is 0 Å². The fourth-order valence-corrected chi connectivity index (χ4v) is 4.25.